The zero-order valence-electron chi connectivity index (χ0n) is 13.4. The van der Waals surface area contributed by atoms with E-state index in [1.165, 1.54) is 12.1 Å². The number of nitrogens with one attached hydrogen (secondary N) is 1. The summed E-state index contributed by atoms with van der Waals surface area (Å²) in [4.78, 5) is 24.0. The van der Waals surface area contributed by atoms with E-state index in [0.29, 0.717) is 21.2 Å². The summed E-state index contributed by atoms with van der Waals surface area (Å²) in [5.41, 5.74) is 1.55. The number of nitrogens with zero attached hydrogens (tertiary/aromatic N) is 2. The van der Waals surface area contributed by atoms with Crippen molar-refractivity contribution in [3.63, 3.8) is 0 Å². The number of esters is 1. The molecule has 0 saturated heterocycles. The highest BCUT2D eigenvalue weighted by Gasteiger charge is 2.18. The van der Waals surface area contributed by atoms with E-state index in [4.69, 9.17) is 9.88 Å². The van der Waals surface area contributed by atoms with Crippen molar-refractivity contribution in [2.24, 2.45) is 5.14 Å². The number of carbonyl (C=O) groups excluding carboxylic acids is 2. The number of primary sulfonamides is 1. The Balaban J connectivity index is 1.69. The average Bonchev–Trinajstić information content (AvgIpc) is 3.09. The third kappa shape index (κ3) is 4.47. The fraction of sp³-hybridized carbons (Fsp3) is 0.0667. The smallest absolute Gasteiger partial charge is 0.339 e. The van der Waals surface area contributed by atoms with E-state index < -0.39 is 28.5 Å². The van der Waals surface area contributed by atoms with Gasteiger partial charge in [-0.05, 0) is 46.3 Å². The van der Waals surface area contributed by atoms with E-state index in [2.05, 4.69) is 30.0 Å². The average molecular weight is 471 g/mol. The number of nitrogens with two attached hydrogens (primary N) is 1. The molecule has 0 atom stereocenters. The summed E-state index contributed by atoms with van der Waals surface area (Å²) in [6.07, 6.45) is 0. The van der Waals surface area contributed by atoms with E-state index in [-0.39, 0.29) is 10.5 Å². The Morgan fingerprint density at radius 2 is 2.00 bits per heavy atom. The third-order valence-electron chi connectivity index (χ3n) is 3.38. The normalized spacial score (nSPS) is 11.3. The minimum Gasteiger partial charge on any atom is -0.452 e. The lowest BCUT2D eigenvalue weighted by Crippen LogP contribution is -2.21. The van der Waals surface area contributed by atoms with E-state index in [1.807, 2.05) is 0 Å². The fourth-order valence-corrected chi connectivity index (χ4v) is 3.64. The monoisotopic (exact) mass is 470 g/mol. The Bertz CT molecular complexity index is 1150. The number of amides is 1. The van der Waals surface area contributed by atoms with Crippen molar-refractivity contribution in [1.29, 1.82) is 0 Å². The molecule has 1 amide bonds. The maximum atomic E-state index is 12.2. The molecule has 27 heavy (non-hydrogen) atoms. The summed E-state index contributed by atoms with van der Waals surface area (Å²) in [7, 11) is -3.98. The molecule has 0 saturated carbocycles. The lowest BCUT2D eigenvalue weighted by atomic mass is 10.2. The van der Waals surface area contributed by atoms with Crippen molar-refractivity contribution in [3.8, 4) is 0 Å². The van der Waals surface area contributed by atoms with E-state index in [0.717, 1.165) is 17.8 Å². The first-order valence-corrected chi connectivity index (χ1v) is 10.3. The standard InChI is InChI=1S/C15H11BrN4O5S2/c16-10-5-4-8(27(17,23)24)6-9(10)15(22)25-7-13(21)18-11-2-1-3-12-14(11)20-26-19-12/h1-6H,7H2,(H,18,21)(H2,17,23,24). The molecular formula is C15H11BrN4O5S2. The molecule has 9 nitrogen and oxygen atoms in total. The number of hydrogen-bond donors (Lipinski definition) is 2. The van der Waals surface area contributed by atoms with E-state index in [1.54, 1.807) is 18.2 Å². The van der Waals surface area contributed by atoms with Crippen molar-refractivity contribution >= 4 is 66.3 Å². The number of fused-ring (bicyclic) bond motifs is 1. The highest BCUT2D eigenvalue weighted by Crippen LogP contribution is 2.22. The van der Waals surface area contributed by atoms with Crippen molar-refractivity contribution in [2.45, 2.75) is 4.90 Å². The number of ether oxygens (including phenoxy) is 1. The summed E-state index contributed by atoms with van der Waals surface area (Å²) in [5, 5.41) is 7.64. The van der Waals surface area contributed by atoms with Gasteiger partial charge >= 0.3 is 5.97 Å². The first kappa shape index (κ1) is 19.4. The second-order valence-corrected chi connectivity index (χ2v) is 8.19. The van der Waals surface area contributed by atoms with Crippen LogP contribution in [0, 0.1) is 0 Å². The molecule has 0 aliphatic rings. The molecule has 1 aromatic heterocycles. The molecule has 3 rings (SSSR count). The van der Waals surface area contributed by atoms with Gasteiger partial charge in [-0.3, -0.25) is 4.79 Å². The Morgan fingerprint density at radius 1 is 1.22 bits per heavy atom. The molecule has 0 aliphatic carbocycles. The summed E-state index contributed by atoms with van der Waals surface area (Å²) in [6.45, 7) is -0.571. The van der Waals surface area contributed by atoms with Gasteiger partial charge in [-0.25, -0.2) is 18.4 Å². The van der Waals surface area contributed by atoms with Crippen molar-refractivity contribution in [2.75, 3.05) is 11.9 Å². The molecular weight excluding hydrogens is 460 g/mol. The molecule has 3 N–H and O–H groups in total. The van der Waals surface area contributed by atoms with Crippen LogP contribution in [0.25, 0.3) is 11.0 Å². The van der Waals surface area contributed by atoms with Gasteiger partial charge in [0.15, 0.2) is 6.61 Å². The zero-order chi connectivity index (χ0) is 19.6. The molecule has 140 valence electrons. The van der Waals surface area contributed by atoms with Crippen LogP contribution in [0.4, 0.5) is 5.69 Å². The van der Waals surface area contributed by atoms with E-state index in [9.17, 15) is 18.0 Å². The van der Waals surface area contributed by atoms with Crippen LogP contribution in [-0.4, -0.2) is 35.6 Å². The van der Waals surface area contributed by atoms with Gasteiger partial charge in [-0.1, -0.05) is 6.07 Å². The molecule has 0 aliphatic heterocycles. The Labute approximate surface area is 166 Å². The molecule has 0 bridgehead atoms. The number of anilines is 1. The lowest BCUT2D eigenvalue weighted by molar-refractivity contribution is -0.119. The Morgan fingerprint density at radius 3 is 2.74 bits per heavy atom. The van der Waals surface area contributed by atoms with Crippen LogP contribution >= 0.6 is 27.7 Å². The number of aromatic nitrogens is 2. The van der Waals surface area contributed by atoms with Crippen LogP contribution in [-0.2, 0) is 19.6 Å². The van der Waals surface area contributed by atoms with Gasteiger partial charge in [0.2, 0.25) is 10.0 Å². The summed E-state index contributed by atoms with van der Waals surface area (Å²) in [5.74, 6) is -1.46. The van der Waals surface area contributed by atoms with Gasteiger partial charge < -0.3 is 10.1 Å². The topological polar surface area (TPSA) is 141 Å². The minimum atomic E-state index is -3.98. The molecule has 0 unspecified atom stereocenters. The van der Waals surface area contributed by atoms with Gasteiger partial charge in [-0.15, -0.1) is 0 Å². The first-order chi connectivity index (χ1) is 12.8. The fourth-order valence-electron chi connectivity index (χ4n) is 2.14. The predicted molar refractivity (Wildman–Crippen MR) is 102 cm³/mol. The largest absolute Gasteiger partial charge is 0.452 e. The summed E-state index contributed by atoms with van der Waals surface area (Å²) >= 11 is 4.14. The van der Waals surface area contributed by atoms with Crippen LogP contribution in [0.15, 0.2) is 45.8 Å². The molecule has 0 fully saturated rings. The number of carbonyl (C=O) groups is 2. The van der Waals surface area contributed by atoms with E-state index >= 15 is 0 Å². The van der Waals surface area contributed by atoms with Crippen molar-refractivity contribution < 1.29 is 22.7 Å². The molecule has 0 spiro atoms. The highest BCUT2D eigenvalue weighted by molar-refractivity contribution is 9.10. The predicted octanol–water partition coefficient (Wildman–Crippen LogP) is 1.90. The number of benzene rings is 2. The maximum Gasteiger partial charge on any atom is 0.339 e. The Hall–Kier alpha value is -2.41. The number of hydrogen-bond acceptors (Lipinski definition) is 8. The maximum absolute atomic E-state index is 12.2. The number of sulfonamides is 1. The third-order valence-corrected chi connectivity index (χ3v) is 5.53. The van der Waals surface area contributed by atoms with Crippen LogP contribution in [0.5, 0.6) is 0 Å². The SMILES string of the molecule is NS(=O)(=O)c1ccc(Br)c(C(=O)OCC(=O)Nc2cccc3nsnc23)c1. The van der Waals surface area contributed by atoms with Gasteiger partial charge in [0.05, 0.1) is 27.9 Å². The minimum absolute atomic E-state index is 0.0693. The Kier molecular flexibility index (Phi) is 5.51. The number of rotatable bonds is 5. The zero-order valence-corrected chi connectivity index (χ0v) is 16.6. The van der Waals surface area contributed by atoms with Gasteiger partial charge in [0.1, 0.15) is 11.0 Å². The van der Waals surface area contributed by atoms with Crippen molar-refractivity contribution in [3.05, 3.63) is 46.4 Å². The quantitative estimate of drug-likeness (QED) is 0.542. The molecule has 2 aromatic carbocycles. The summed E-state index contributed by atoms with van der Waals surface area (Å²) in [6, 6.07) is 8.78. The number of halogens is 1. The van der Waals surface area contributed by atoms with Crippen LogP contribution in [0.3, 0.4) is 0 Å². The second kappa shape index (κ2) is 7.68. The molecule has 12 heteroatoms. The summed E-state index contributed by atoms with van der Waals surface area (Å²) < 4.78 is 36.2. The lowest BCUT2D eigenvalue weighted by Gasteiger charge is -2.09. The van der Waals surface area contributed by atoms with Crippen LogP contribution in [0.1, 0.15) is 10.4 Å². The van der Waals surface area contributed by atoms with Gasteiger partial charge in [0.25, 0.3) is 5.91 Å². The van der Waals surface area contributed by atoms with Crippen LogP contribution < -0.4 is 10.5 Å². The molecule has 0 radical (unpaired) electrons. The molecule has 1 heterocycles. The first-order valence-electron chi connectivity index (χ1n) is 7.26. The van der Waals surface area contributed by atoms with Crippen molar-refractivity contribution in [1.82, 2.24) is 8.75 Å². The van der Waals surface area contributed by atoms with Gasteiger partial charge in [0, 0.05) is 4.47 Å². The van der Waals surface area contributed by atoms with Crippen LogP contribution in [0.2, 0.25) is 0 Å². The van der Waals surface area contributed by atoms with Gasteiger partial charge in [-0.2, -0.15) is 8.75 Å². The second-order valence-electron chi connectivity index (χ2n) is 5.25. The highest BCUT2D eigenvalue weighted by atomic mass is 79.9. The molecule has 3 aromatic rings.